The van der Waals surface area contributed by atoms with Gasteiger partial charge in [0.25, 0.3) is 5.91 Å². The molecule has 1 heterocycles. The second-order valence-corrected chi connectivity index (χ2v) is 5.05. The van der Waals surface area contributed by atoms with Gasteiger partial charge in [0, 0.05) is 13.1 Å². The fraction of sp³-hybridized carbons (Fsp3) is 0.500. The lowest BCUT2D eigenvalue weighted by Crippen LogP contribution is -2.32. The summed E-state index contributed by atoms with van der Waals surface area (Å²) in [6.45, 7) is 3.16. The molecule has 19 heavy (non-hydrogen) atoms. The first-order chi connectivity index (χ1) is 9.00. The highest BCUT2D eigenvalue weighted by molar-refractivity contribution is 5.94. The molecule has 1 aliphatic rings. The predicted molar refractivity (Wildman–Crippen MR) is 65.2 cm³/mol. The topological polar surface area (TPSA) is 20.3 Å². The fourth-order valence-corrected chi connectivity index (χ4v) is 2.33. The van der Waals surface area contributed by atoms with E-state index in [-0.39, 0.29) is 0 Å². The molecule has 1 atom stereocenters. The first-order valence-corrected chi connectivity index (χ1v) is 6.43. The van der Waals surface area contributed by atoms with Gasteiger partial charge in [-0.05, 0) is 37.3 Å². The molecule has 1 unspecified atom stereocenters. The van der Waals surface area contributed by atoms with E-state index < -0.39 is 28.9 Å². The van der Waals surface area contributed by atoms with Gasteiger partial charge in [-0.2, -0.15) is 0 Å². The van der Waals surface area contributed by atoms with Crippen LogP contribution in [0, 0.1) is 23.4 Å². The van der Waals surface area contributed by atoms with E-state index in [9.17, 15) is 18.0 Å². The number of halogens is 3. The Labute approximate surface area is 110 Å². The van der Waals surface area contributed by atoms with Crippen LogP contribution >= 0.6 is 0 Å². The Morgan fingerprint density at radius 1 is 1.16 bits per heavy atom. The highest BCUT2D eigenvalue weighted by Crippen LogP contribution is 2.21. The molecular weight excluding hydrogens is 255 g/mol. The van der Waals surface area contributed by atoms with E-state index in [2.05, 4.69) is 6.92 Å². The van der Waals surface area contributed by atoms with Crippen molar-refractivity contribution in [2.75, 3.05) is 13.1 Å². The zero-order valence-corrected chi connectivity index (χ0v) is 10.8. The van der Waals surface area contributed by atoms with Crippen LogP contribution in [0.5, 0.6) is 0 Å². The lowest BCUT2D eigenvalue weighted by atomic mass is 10.0. The van der Waals surface area contributed by atoms with Crippen molar-refractivity contribution in [3.05, 3.63) is 35.1 Å². The average molecular weight is 271 g/mol. The van der Waals surface area contributed by atoms with Gasteiger partial charge in [-0.3, -0.25) is 4.79 Å². The Bertz CT molecular complexity index is 490. The van der Waals surface area contributed by atoms with E-state index in [0.29, 0.717) is 19.0 Å². The van der Waals surface area contributed by atoms with Crippen molar-refractivity contribution < 1.29 is 18.0 Å². The molecule has 0 aromatic heterocycles. The van der Waals surface area contributed by atoms with Crippen molar-refractivity contribution in [3.63, 3.8) is 0 Å². The molecule has 1 amide bonds. The molecule has 0 N–H and O–H groups in total. The average Bonchev–Trinajstić information content (AvgIpc) is 2.60. The van der Waals surface area contributed by atoms with E-state index in [1.54, 1.807) is 0 Å². The molecule has 2 rings (SSSR count). The van der Waals surface area contributed by atoms with Gasteiger partial charge in [0.15, 0.2) is 17.5 Å². The lowest BCUT2D eigenvalue weighted by molar-refractivity contribution is 0.0754. The lowest BCUT2D eigenvalue weighted by Gasteiger charge is -2.20. The van der Waals surface area contributed by atoms with Crippen molar-refractivity contribution in [2.45, 2.75) is 26.2 Å². The molecule has 1 aromatic rings. The maximum absolute atomic E-state index is 13.6. The Morgan fingerprint density at radius 2 is 1.89 bits per heavy atom. The van der Waals surface area contributed by atoms with Gasteiger partial charge in [-0.1, -0.05) is 6.92 Å². The number of hydrogen-bond acceptors (Lipinski definition) is 1. The summed E-state index contributed by atoms with van der Waals surface area (Å²) in [5, 5.41) is 0. The number of rotatable bonds is 1. The molecule has 0 radical (unpaired) electrons. The SMILES string of the molecule is CC1CCCN(C(=O)c2ccc(F)c(F)c2F)CC1. The summed E-state index contributed by atoms with van der Waals surface area (Å²) in [6, 6.07) is 1.79. The largest absolute Gasteiger partial charge is 0.339 e. The molecule has 0 saturated carbocycles. The summed E-state index contributed by atoms with van der Waals surface area (Å²) >= 11 is 0. The van der Waals surface area contributed by atoms with Crippen molar-refractivity contribution in [1.29, 1.82) is 0 Å². The number of benzene rings is 1. The minimum Gasteiger partial charge on any atom is -0.339 e. The molecule has 0 spiro atoms. The van der Waals surface area contributed by atoms with E-state index in [0.717, 1.165) is 31.4 Å². The monoisotopic (exact) mass is 271 g/mol. The molecular formula is C14H16F3NO. The third-order valence-electron chi connectivity index (χ3n) is 3.57. The van der Waals surface area contributed by atoms with E-state index >= 15 is 0 Å². The van der Waals surface area contributed by atoms with Crippen LogP contribution in [-0.4, -0.2) is 23.9 Å². The summed E-state index contributed by atoms with van der Waals surface area (Å²) in [6.07, 6.45) is 2.71. The first-order valence-electron chi connectivity index (χ1n) is 6.43. The number of amides is 1. The molecule has 1 fully saturated rings. The minimum absolute atomic E-state index is 0.395. The van der Waals surface area contributed by atoms with Crippen LogP contribution in [0.15, 0.2) is 12.1 Å². The standard InChI is InChI=1S/C14H16F3NO/c1-9-3-2-7-18(8-6-9)14(19)10-4-5-11(15)13(17)12(10)16/h4-5,9H,2-3,6-8H2,1H3. The van der Waals surface area contributed by atoms with Gasteiger partial charge in [-0.15, -0.1) is 0 Å². The van der Waals surface area contributed by atoms with Crippen LogP contribution in [0.4, 0.5) is 13.2 Å². The van der Waals surface area contributed by atoms with Crippen molar-refractivity contribution in [1.82, 2.24) is 4.90 Å². The summed E-state index contributed by atoms with van der Waals surface area (Å²) in [7, 11) is 0. The van der Waals surface area contributed by atoms with E-state index in [1.807, 2.05) is 0 Å². The van der Waals surface area contributed by atoms with Gasteiger partial charge in [0.05, 0.1) is 5.56 Å². The Hall–Kier alpha value is -1.52. The zero-order chi connectivity index (χ0) is 14.0. The third-order valence-corrected chi connectivity index (χ3v) is 3.57. The van der Waals surface area contributed by atoms with Gasteiger partial charge >= 0.3 is 0 Å². The quantitative estimate of drug-likeness (QED) is 0.717. The summed E-state index contributed by atoms with van der Waals surface area (Å²) in [4.78, 5) is 13.7. The smallest absolute Gasteiger partial charge is 0.256 e. The number of likely N-dealkylation sites (tertiary alicyclic amines) is 1. The Morgan fingerprint density at radius 3 is 2.63 bits per heavy atom. The molecule has 1 saturated heterocycles. The van der Waals surface area contributed by atoms with Crippen LogP contribution in [0.2, 0.25) is 0 Å². The normalized spacial score (nSPS) is 20.2. The molecule has 0 aliphatic carbocycles. The fourth-order valence-electron chi connectivity index (χ4n) is 2.33. The highest BCUT2D eigenvalue weighted by Gasteiger charge is 2.24. The number of hydrogen-bond donors (Lipinski definition) is 0. The number of carbonyl (C=O) groups excluding carboxylic acids is 1. The van der Waals surface area contributed by atoms with Crippen LogP contribution < -0.4 is 0 Å². The third kappa shape index (κ3) is 2.91. The number of carbonyl (C=O) groups is 1. The second kappa shape index (κ2) is 5.63. The maximum Gasteiger partial charge on any atom is 0.256 e. The molecule has 104 valence electrons. The molecule has 1 aromatic carbocycles. The summed E-state index contributed by atoms with van der Waals surface area (Å²) in [5.74, 6) is -4.31. The minimum atomic E-state index is -1.59. The predicted octanol–water partition coefficient (Wildman–Crippen LogP) is 3.37. The van der Waals surface area contributed by atoms with Gasteiger partial charge < -0.3 is 4.90 Å². The summed E-state index contributed by atoms with van der Waals surface area (Å²) < 4.78 is 39.6. The van der Waals surface area contributed by atoms with Crippen molar-refractivity contribution >= 4 is 5.91 Å². The van der Waals surface area contributed by atoms with Gasteiger partial charge in [0.2, 0.25) is 0 Å². The Balaban J connectivity index is 2.22. The molecule has 1 aliphatic heterocycles. The van der Waals surface area contributed by atoms with Crippen molar-refractivity contribution in [2.24, 2.45) is 5.92 Å². The van der Waals surface area contributed by atoms with E-state index in [4.69, 9.17) is 0 Å². The van der Waals surface area contributed by atoms with Crippen LogP contribution in [0.1, 0.15) is 36.5 Å². The first kappa shape index (κ1) is 13.9. The zero-order valence-electron chi connectivity index (χ0n) is 10.8. The number of nitrogens with zero attached hydrogens (tertiary/aromatic N) is 1. The van der Waals surface area contributed by atoms with E-state index in [1.165, 1.54) is 4.90 Å². The molecule has 5 heteroatoms. The van der Waals surface area contributed by atoms with Gasteiger partial charge in [-0.25, -0.2) is 13.2 Å². The van der Waals surface area contributed by atoms with Crippen LogP contribution in [-0.2, 0) is 0 Å². The Kier molecular flexibility index (Phi) is 4.12. The maximum atomic E-state index is 13.6. The van der Waals surface area contributed by atoms with Crippen LogP contribution in [0.3, 0.4) is 0 Å². The highest BCUT2D eigenvalue weighted by atomic mass is 19.2. The van der Waals surface area contributed by atoms with Gasteiger partial charge in [0.1, 0.15) is 0 Å². The van der Waals surface area contributed by atoms with Crippen molar-refractivity contribution in [3.8, 4) is 0 Å². The molecule has 0 bridgehead atoms. The van der Waals surface area contributed by atoms with Crippen LogP contribution in [0.25, 0.3) is 0 Å². The summed E-state index contributed by atoms with van der Waals surface area (Å²) in [5.41, 5.74) is -0.395. The molecule has 2 nitrogen and oxygen atoms in total. The second-order valence-electron chi connectivity index (χ2n) is 5.05.